The van der Waals surface area contributed by atoms with E-state index in [1.807, 2.05) is 0 Å². The number of carbonyl (C=O) groups excluding carboxylic acids is 2. The fourth-order valence-electron chi connectivity index (χ4n) is 2.40. The third-order valence-corrected chi connectivity index (χ3v) is 3.73. The fourth-order valence-corrected chi connectivity index (χ4v) is 2.65. The number of benzene rings is 1. The molecular formula is C14H15ClFNO3. The van der Waals surface area contributed by atoms with Gasteiger partial charge in [0.05, 0.1) is 17.7 Å². The number of hydrogen-bond acceptors (Lipinski definition) is 3. The molecule has 0 saturated carbocycles. The zero-order valence-corrected chi connectivity index (χ0v) is 11.8. The van der Waals surface area contributed by atoms with Crippen molar-refractivity contribution in [1.82, 2.24) is 4.90 Å². The van der Waals surface area contributed by atoms with Crippen LogP contribution in [0.15, 0.2) is 18.2 Å². The van der Waals surface area contributed by atoms with E-state index >= 15 is 0 Å². The topological polar surface area (TPSA) is 46.6 Å². The van der Waals surface area contributed by atoms with Gasteiger partial charge in [-0.25, -0.2) is 9.18 Å². The number of hydrogen-bond donors (Lipinski definition) is 0. The van der Waals surface area contributed by atoms with Crippen molar-refractivity contribution in [2.75, 3.05) is 13.7 Å². The first kappa shape index (κ1) is 14.8. The number of methoxy groups -OCH3 is 1. The largest absolute Gasteiger partial charge is 0.467 e. The SMILES string of the molecule is COC(=O)[C@H]1CCCCN1C(=O)c1c(F)cccc1Cl. The standard InChI is InChI=1S/C14H15ClFNO3/c1-20-14(19)11-7-2-3-8-17(11)13(18)12-9(15)5-4-6-10(12)16/h4-6,11H,2-3,7-8H2,1H3/t11-/m1/s1. The van der Waals surface area contributed by atoms with Crippen LogP contribution in [0.1, 0.15) is 29.6 Å². The molecule has 2 rings (SSSR count). The van der Waals surface area contributed by atoms with Gasteiger partial charge in [0.1, 0.15) is 11.9 Å². The third kappa shape index (κ3) is 2.77. The summed E-state index contributed by atoms with van der Waals surface area (Å²) in [4.78, 5) is 25.6. The van der Waals surface area contributed by atoms with Crippen molar-refractivity contribution in [2.24, 2.45) is 0 Å². The van der Waals surface area contributed by atoms with Gasteiger partial charge in [-0.2, -0.15) is 0 Å². The third-order valence-electron chi connectivity index (χ3n) is 3.41. The smallest absolute Gasteiger partial charge is 0.328 e. The minimum absolute atomic E-state index is 0.0455. The molecule has 4 nitrogen and oxygen atoms in total. The van der Waals surface area contributed by atoms with Gasteiger partial charge < -0.3 is 9.64 Å². The Labute approximate surface area is 121 Å². The molecule has 0 bridgehead atoms. The Morgan fingerprint density at radius 2 is 2.15 bits per heavy atom. The molecule has 20 heavy (non-hydrogen) atoms. The van der Waals surface area contributed by atoms with E-state index in [1.54, 1.807) is 0 Å². The summed E-state index contributed by atoms with van der Waals surface area (Å²) in [5, 5.41) is 0.0455. The molecule has 0 unspecified atom stereocenters. The molecule has 1 aliphatic rings. The van der Waals surface area contributed by atoms with Crippen LogP contribution in [0.4, 0.5) is 4.39 Å². The second-order valence-electron chi connectivity index (χ2n) is 4.63. The van der Waals surface area contributed by atoms with E-state index in [1.165, 1.54) is 30.2 Å². The van der Waals surface area contributed by atoms with Crippen molar-refractivity contribution in [1.29, 1.82) is 0 Å². The lowest BCUT2D eigenvalue weighted by Crippen LogP contribution is -2.48. The van der Waals surface area contributed by atoms with Crippen LogP contribution in [-0.4, -0.2) is 36.5 Å². The maximum absolute atomic E-state index is 13.8. The summed E-state index contributed by atoms with van der Waals surface area (Å²) >= 11 is 5.90. The van der Waals surface area contributed by atoms with Crippen molar-refractivity contribution in [3.05, 3.63) is 34.6 Å². The number of carbonyl (C=O) groups is 2. The number of piperidine rings is 1. The number of esters is 1. The molecule has 1 saturated heterocycles. The van der Waals surface area contributed by atoms with Crippen LogP contribution in [0.2, 0.25) is 5.02 Å². The molecule has 1 aliphatic heterocycles. The lowest BCUT2D eigenvalue weighted by molar-refractivity contribution is -0.147. The summed E-state index contributed by atoms with van der Waals surface area (Å²) in [6.45, 7) is 0.392. The minimum atomic E-state index is -0.684. The molecule has 0 aromatic heterocycles. The highest BCUT2D eigenvalue weighted by Gasteiger charge is 2.35. The predicted molar refractivity (Wildman–Crippen MR) is 72.1 cm³/mol. The van der Waals surface area contributed by atoms with Gasteiger partial charge in [0, 0.05) is 6.54 Å². The molecule has 108 valence electrons. The maximum atomic E-state index is 13.8. The number of nitrogens with zero attached hydrogens (tertiary/aromatic N) is 1. The molecular weight excluding hydrogens is 285 g/mol. The summed E-state index contributed by atoms with van der Waals surface area (Å²) in [5.41, 5.74) is -0.190. The monoisotopic (exact) mass is 299 g/mol. The Morgan fingerprint density at radius 1 is 1.40 bits per heavy atom. The second-order valence-corrected chi connectivity index (χ2v) is 5.04. The quantitative estimate of drug-likeness (QED) is 0.789. The summed E-state index contributed by atoms with van der Waals surface area (Å²) in [5.74, 6) is -1.73. The van der Waals surface area contributed by atoms with Crippen LogP contribution in [-0.2, 0) is 9.53 Å². The summed E-state index contributed by atoms with van der Waals surface area (Å²) in [6.07, 6.45) is 2.12. The molecule has 6 heteroatoms. The molecule has 1 atom stereocenters. The zero-order valence-electron chi connectivity index (χ0n) is 11.1. The van der Waals surface area contributed by atoms with Crippen molar-refractivity contribution in [3.8, 4) is 0 Å². The average molecular weight is 300 g/mol. The highest BCUT2D eigenvalue weighted by molar-refractivity contribution is 6.33. The van der Waals surface area contributed by atoms with Gasteiger partial charge >= 0.3 is 5.97 Å². The van der Waals surface area contributed by atoms with E-state index in [0.29, 0.717) is 13.0 Å². The van der Waals surface area contributed by atoms with Crippen LogP contribution >= 0.6 is 11.6 Å². The number of halogens is 2. The van der Waals surface area contributed by atoms with E-state index in [-0.39, 0.29) is 10.6 Å². The van der Waals surface area contributed by atoms with Crippen LogP contribution in [0.25, 0.3) is 0 Å². The second kappa shape index (κ2) is 6.22. The Kier molecular flexibility index (Phi) is 4.60. The number of rotatable bonds is 2. The first-order chi connectivity index (χ1) is 9.56. The van der Waals surface area contributed by atoms with Crippen molar-refractivity contribution in [3.63, 3.8) is 0 Å². The average Bonchev–Trinajstić information content (AvgIpc) is 2.46. The van der Waals surface area contributed by atoms with Crippen molar-refractivity contribution in [2.45, 2.75) is 25.3 Å². The lowest BCUT2D eigenvalue weighted by atomic mass is 10.0. The molecule has 1 aromatic rings. The predicted octanol–water partition coefficient (Wildman–Crippen LogP) is 2.65. The fraction of sp³-hybridized carbons (Fsp3) is 0.429. The first-order valence-corrected chi connectivity index (χ1v) is 6.77. The molecule has 1 amide bonds. The van der Waals surface area contributed by atoms with E-state index in [9.17, 15) is 14.0 Å². The first-order valence-electron chi connectivity index (χ1n) is 6.39. The van der Waals surface area contributed by atoms with Gasteiger partial charge in [-0.3, -0.25) is 4.79 Å². The van der Waals surface area contributed by atoms with Gasteiger partial charge in [-0.1, -0.05) is 17.7 Å². The highest BCUT2D eigenvalue weighted by atomic mass is 35.5. The van der Waals surface area contributed by atoms with Crippen LogP contribution in [0, 0.1) is 5.82 Å². The normalized spacial score (nSPS) is 18.8. The Hall–Kier alpha value is -1.62. The van der Waals surface area contributed by atoms with E-state index in [2.05, 4.69) is 0 Å². The maximum Gasteiger partial charge on any atom is 0.328 e. The van der Waals surface area contributed by atoms with Gasteiger partial charge in [0.25, 0.3) is 5.91 Å². The Bertz CT molecular complexity index is 515. The summed E-state index contributed by atoms with van der Waals surface area (Å²) in [7, 11) is 1.27. The molecule has 0 spiro atoms. The molecule has 0 N–H and O–H groups in total. The molecule has 0 radical (unpaired) electrons. The number of ether oxygens (including phenoxy) is 1. The van der Waals surface area contributed by atoms with E-state index in [0.717, 1.165) is 12.8 Å². The molecule has 1 aromatic carbocycles. The lowest BCUT2D eigenvalue weighted by Gasteiger charge is -2.34. The number of amides is 1. The van der Waals surface area contributed by atoms with Crippen LogP contribution in [0.3, 0.4) is 0 Å². The van der Waals surface area contributed by atoms with Crippen molar-refractivity contribution < 1.29 is 18.7 Å². The van der Waals surface area contributed by atoms with Gasteiger partial charge in [-0.05, 0) is 31.4 Å². The van der Waals surface area contributed by atoms with Crippen molar-refractivity contribution >= 4 is 23.5 Å². The Morgan fingerprint density at radius 3 is 2.80 bits per heavy atom. The van der Waals surface area contributed by atoms with Crippen LogP contribution in [0.5, 0.6) is 0 Å². The van der Waals surface area contributed by atoms with E-state index in [4.69, 9.17) is 16.3 Å². The highest BCUT2D eigenvalue weighted by Crippen LogP contribution is 2.25. The number of likely N-dealkylation sites (tertiary alicyclic amines) is 1. The van der Waals surface area contributed by atoms with Gasteiger partial charge in [0.2, 0.25) is 0 Å². The van der Waals surface area contributed by atoms with E-state index < -0.39 is 23.7 Å². The van der Waals surface area contributed by atoms with Gasteiger partial charge in [-0.15, -0.1) is 0 Å². The summed E-state index contributed by atoms with van der Waals surface area (Å²) < 4.78 is 18.5. The van der Waals surface area contributed by atoms with Crippen LogP contribution < -0.4 is 0 Å². The Balaban J connectivity index is 2.33. The molecule has 1 fully saturated rings. The molecule has 0 aliphatic carbocycles. The van der Waals surface area contributed by atoms with Gasteiger partial charge in [0.15, 0.2) is 0 Å². The minimum Gasteiger partial charge on any atom is -0.467 e. The summed E-state index contributed by atoms with van der Waals surface area (Å²) in [6, 6.07) is 3.39. The zero-order chi connectivity index (χ0) is 14.7. The molecule has 1 heterocycles.